The fourth-order valence-electron chi connectivity index (χ4n) is 4.20. The molecule has 0 aromatic heterocycles. The zero-order valence-corrected chi connectivity index (χ0v) is 25.2. The van der Waals surface area contributed by atoms with Gasteiger partial charge in [-0.3, -0.25) is 4.79 Å². The van der Waals surface area contributed by atoms with Crippen LogP contribution in [0.25, 0.3) is 0 Å². The van der Waals surface area contributed by atoms with Gasteiger partial charge in [-0.25, -0.2) is 0 Å². The number of benzene rings is 1. The highest BCUT2D eigenvalue weighted by atomic mass is 31.2. The molecule has 0 aliphatic carbocycles. The number of carbonyl (C=O) groups is 1. The van der Waals surface area contributed by atoms with Crippen molar-refractivity contribution < 1.29 is 28.2 Å². The minimum Gasteiger partial charge on any atom is -0.494 e. The topological polar surface area (TPSA) is 77.5 Å². The van der Waals surface area contributed by atoms with Crippen LogP contribution < -0.4 is 4.74 Å². The first kappa shape index (κ1) is 34.8. The lowest BCUT2D eigenvalue weighted by Gasteiger charge is -2.18. The molecule has 0 radical (unpaired) electrons. The van der Waals surface area contributed by atoms with Crippen LogP contribution in [0.4, 0.5) is 0 Å². The van der Waals surface area contributed by atoms with Crippen molar-refractivity contribution in [2.45, 2.75) is 109 Å². The molecule has 0 heterocycles. The van der Waals surface area contributed by atoms with Crippen molar-refractivity contribution in [1.82, 2.24) is 4.90 Å². The molecule has 0 amide bonds. The molecule has 1 aromatic rings. The molecule has 1 rings (SSSR count). The maximum absolute atomic E-state index is 10.9. The molecule has 2 unspecified atom stereocenters. The zero-order valence-electron chi connectivity index (χ0n) is 24.3. The van der Waals surface area contributed by atoms with E-state index in [4.69, 9.17) is 18.5 Å². The average molecular weight is 556 g/mol. The summed E-state index contributed by atoms with van der Waals surface area (Å²) in [6.45, 7) is 4.92. The molecular weight excluding hydrogens is 501 g/mol. The van der Waals surface area contributed by atoms with Gasteiger partial charge in [-0.15, -0.1) is 0 Å². The molecule has 0 bridgehead atoms. The summed E-state index contributed by atoms with van der Waals surface area (Å²) in [5.41, 5.74) is 1.00. The first-order valence-corrected chi connectivity index (χ1v) is 15.9. The highest BCUT2D eigenvalue weighted by Crippen LogP contribution is 2.33. The Hall–Kier alpha value is -1.24. The average Bonchev–Trinajstić information content (AvgIpc) is 2.90. The van der Waals surface area contributed by atoms with E-state index in [0.717, 1.165) is 43.7 Å². The van der Waals surface area contributed by atoms with Gasteiger partial charge in [-0.1, -0.05) is 89.7 Å². The minimum absolute atomic E-state index is 0.0792. The van der Waals surface area contributed by atoms with E-state index in [9.17, 15) is 9.69 Å². The predicted octanol–water partition coefficient (Wildman–Crippen LogP) is 7.44. The Kier molecular flexibility index (Phi) is 22.7. The van der Waals surface area contributed by atoms with Crippen molar-refractivity contribution in [1.29, 1.82) is 0 Å². The Morgan fingerprint density at radius 3 is 1.97 bits per heavy atom. The van der Waals surface area contributed by atoms with Gasteiger partial charge < -0.3 is 28.3 Å². The van der Waals surface area contributed by atoms with E-state index in [1.54, 1.807) is 0 Å². The third-order valence-electron chi connectivity index (χ3n) is 6.47. The zero-order chi connectivity index (χ0) is 27.7. The number of hydrogen-bond acceptors (Lipinski definition) is 7. The van der Waals surface area contributed by atoms with Crippen LogP contribution in [0, 0.1) is 0 Å². The predicted molar refractivity (Wildman–Crippen MR) is 156 cm³/mol. The van der Waals surface area contributed by atoms with Crippen molar-refractivity contribution in [3.05, 3.63) is 29.8 Å². The first-order chi connectivity index (χ1) is 18.5. The fourth-order valence-corrected chi connectivity index (χ4v) is 4.85. The number of carbonyl (C=O) groups excluding carboxylic acids is 1. The van der Waals surface area contributed by atoms with Crippen molar-refractivity contribution in [3.8, 4) is 5.75 Å². The monoisotopic (exact) mass is 555 g/mol. The summed E-state index contributed by atoms with van der Waals surface area (Å²) in [7, 11) is 2.07. The second-order valence-corrected chi connectivity index (χ2v) is 11.3. The number of unbranched alkanes of at least 4 members (excludes halogenated alkanes) is 12. The number of ether oxygens (including phenoxy) is 2. The van der Waals surface area contributed by atoms with Crippen LogP contribution in [0.2, 0.25) is 0 Å². The van der Waals surface area contributed by atoms with E-state index in [1.807, 2.05) is 38.4 Å². The standard InChI is InChI=1S/C30H54NO6P/c1-4-5-6-7-8-9-10-11-12-13-14-16-23-34-29-20-18-28(19-21-29)25-30(35-27-32)26-37-38(33)36-24-17-15-22-31(2)3/h18-21,27,30,33H,4-17,22-26H2,1-3H3. The van der Waals surface area contributed by atoms with Crippen molar-refractivity contribution in [3.63, 3.8) is 0 Å². The summed E-state index contributed by atoms with van der Waals surface area (Å²) in [6.07, 6.45) is 17.8. The van der Waals surface area contributed by atoms with Gasteiger partial charge in [0.25, 0.3) is 6.47 Å². The van der Waals surface area contributed by atoms with Crippen molar-refractivity contribution >= 4 is 15.1 Å². The molecule has 7 nitrogen and oxygen atoms in total. The van der Waals surface area contributed by atoms with Gasteiger partial charge in [0.1, 0.15) is 11.9 Å². The molecule has 0 spiro atoms. The highest BCUT2D eigenvalue weighted by Gasteiger charge is 2.15. The molecule has 1 aromatic carbocycles. The summed E-state index contributed by atoms with van der Waals surface area (Å²) >= 11 is 0. The van der Waals surface area contributed by atoms with Crippen LogP contribution in [0.15, 0.2) is 24.3 Å². The van der Waals surface area contributed by atoms with Gasteiger partial charge >= 0.3 is 8.60 Å². The van der Waals surface area contributed by atoms with Crippen LogP contribution in [-0.4, -0.2) is 62.8 Å². The van der Waals surface area contributed by atoms with Gasteiger partial charge in [0.2, 0.25) is 0 Å². The Bertz CT molecular complexity index is 661. The summed E-state index contributed by atoms with van der Waals surface area (Å²) < 4.78 is 21.8. The maximum atomic E-state index is 10.9. The summed E-state index contributed by atoms with van der Waals surface area (Å²) in [6, 6.07) is 7.85. The summed E-state index contributed by atoms with van der Waals surface area (Å²) in [5.74, 6) is 0.850. The Morgan fingerprint density at radius 2 is 1.39 bits per heavy atom. The van der Waals surface area contributed by atoms with Crippen LogP contribution in [-0.2, 0) is 25.0 Å². The number of hydrogen-bond donors (Lipinski definition) is 1. The molecule has 0 aliphatic heterocycles. The number of rotatable bonds is 27. The lowest BCUT2D eigenvalue weighted by molar-refractivity contribution is -0.135. The lowest BCUT2D eigenvalue weighted by Crippen LogP contribution is -2.21. The highest BCUT2D eigenvalue weighted by molar-refractivity contribution is 7.40. The third kappa shape index (κ3) is 20.7. The van der Waals surface area contributed by atoms with Gasteiger partial charge in [-0.05, 0) is 57.6 Å². The van der Waals surface area contributed by atoms with Gasteiger partial charge in [-0.2, -0.15) is 0 Å². The second kappa shape index (κ2) is 24.8. The maximum Gasteiger partial charge on any atom is 0.329 e. The van der Waals surface area contributed by atoms with E-state index in [1.165, 1.54) is 70.6 Å². The second-order valence-electron chi connectivity index (χ2n) is 10.3. The molecule has 8 heteroatoms. The van der Waals surface area contributed by atoms with Gasteiger partial charge in [0.05, 0.1) is 19.8 Å². The molecule has 0 fully saturated rings. The summed E-state index contributed by atoms with van der Waals surface area (Å²) in [4.78, 5) is 23.0. The van der Waals surface area contributed by atoms with E-state index in [-0.39, 0.29) is 6.61 Å². The SMILES string of the molecule is CCCCCCCCCCCCCCOc1ccc(CC(COP(O)OCCCCN(C)C)OC=O)cc1. The largest absolute Gasteiger partial charge is 0.494 e. The Labute approximate surface area is 233 Å². The fraction of sp³-hybridized carbons (Fsp3) is 0.767. The molecule has 0 aliphatic rings. The molecule has 38 heavy (non-hydrogen) atoms. The van der Waals surface area contributed by atoms with Crippen LogP contribution in [0.1, 0.15) is 102 Å². The van der Waals surface area contributed by atoms with Gasteiger partial charge in [0, 0.05) is 6.42 Å². The van der Waals surface area contributed by atoms with Crippen molar-refractivity contribution in [2.24, 2.45) is 0 Å². The first-order valence-electron chi connectivity index (χ1n) is 14.8. The van der Waals surface area contributed by atoms with Crippen molar-refractivity contribution in [2.75, 3.05) is 40.5 Å². The molecule has 2 atom stereocenters. The van der Waals surface area contributed by atoms with Gasteiger partial charge in [0.15, 0.2) is 0 Å². The molecule has 1 N–H and O–H groups in total. The quantitative estimate of drug-likeness (QED) is 0.0686. The van der Waals surface area contributed by atoms with Crippen LogP contribution in [0.5, 0.6) is 5.75 Å². The molecule has 0 saturated carbocycles. The Balaban J connectivity index is 2.13. The molecule has 0 saturated heterocycles. The van der Waals surface area contributed by atoms with E-state index in [0.29, 0.717) is 19.5 Å². The van der Waals surface area contributed by atoms with E-state index in [2.05, 4.69) is 11.8 Å². The lowest BCUT2D eigenvalue weighted by atomic mass is 10.1. The van der Waals surface area contributed by atoms with E-state index >= 15 is 0 Å². The number of nitrogens with zero attached hydrogens (tertiary/aromatic N) is 1. The molecule has 220 valence electrons. The van der Waals surface area contributed by atoms with Crippen LogP contribution in [0.3, 0.4) is 0 Å². The third-order valence-corrected chi connectivity index (χ3v) is 7.25. The van der Waals surface area contributed by atoms with Crippen LogP contribution >= 0.6 is 8.60 Å². The Morgan fingerprint density at radius 1 is 0.816 bits per heavy atom. The molecular formula is C30H54NO6P. The normalized spacial score (nSPS) is 13.0. The van der Waals surface area contributed by atoms with E-state index < -0.39 is 14.7 Å². The smallest absolute Gasteiger partial charge is 0.329 e. The minimum atomic E-state index is -1.98. The summed E-state index contributed by atoms with van der Waals surface area (Å²) in [5, 5.41) is 0.